The zero-order valence-corrected chi connectivity index (χ0v) is 13.9. The van der Waals surface area contributed by atoms with Gasteiger partial charge in [-0.3, -0.25) is 4.79 Å². The monoisotopic (exact) mass is 303 g/mol. The summed E-state index contributed by atoms with van der Waals surface area (Å²) in [5, 5.41) is 3.13. The van der Waals surface area contributed by atoms with Crippen molar-refractivity contribution in [2.24, 2.45) is 5.92 Å². The summed E-state index contributed by atoms with van der Waals surface area (Å²) >= 11 is 0. The predicted molar refractivity (Wildman–Crippen MR) is 89.5 cm³/mol. The number of amides is 1. The minimum atomic E-state index is -0.319. The standard InChI is InChI=1S/C19H29NO2/c1-19(2,15-22-14-17-11-7-4-8-12-17)20-18(21)13-16-9-5-3-6-10-16/h4,7-8,11-12,16H,3,5-6,9-10,13-15H2,1-2H3,(H,20,21). The van der Waals surface area contributed by atoms with E-state index in [4.69, 9.17) is 4.74 Å². The minimum absolute atomic E-state index is 0.167. The average Bonchev–Trinajstić information content (AvgIpc) is 2.48. The Kier molecular flexibility index (Phi) is 6.44. The number of benzene rings is 1. The molecule has 122 valence electrons. The van der Waals surface area contributed by atoms with Crippen LogP contribution in [0.1, 0.15) is 57.9 Å². The van der Waals surface area contributed by atoms with E-state index in [-0.39, 0.29) is 11.4 Å². The quantitative estimate of drug-likeness (QED) is 0.824. The molecule has 2 rings (SSSR count). The largest absolute Gasteiger partial charge is 0.374 e. The maximum Gasteiger partial charge on any atom is 0.220 e. The van der Waals surface area contributed by atoms with E-state index in [0.29, 0.717) is 25.6 Å². The third-order valence-corrected chi connectivity index (χ3v) is 4.25. The molecule has 1 fully saturated rings. The van der Waals surface area contributed by atoms with Crippen LogP contribution in [0, 0.1) is 5.92 Å². The lowest BCUT2D eigenvalue weighted by atomic mass is 9.86. The highest BCUT2D eigenvalue weighted by Crippen LogP contribution is 2.26. The molecule has 0 bridgehead atoms. The Hall–Kier alpha value is -1.35. The number of rotatable bonds is 7. The van der Waals surface area contributed by atoms with Gasteiger partial charge in [0.2, 0.25) is 5.91 Å². The van der Waals surface area contributed by atoms with Crippen LogP contribution in [0.4, 0.5) is 0 Å². The Balaban J connectivity index is 1.69. The third-order valence-electron chi connectivity index (χ3n) is 4.25. The van der Waals surface area contributed by atoms with Crippen LogP contribution in [-0.2, 0) is 16.1 Å². The zero-order chi connectivity index (χ0) is 15.8. The van der Waals surface area contributed by atoms with Gasteiger partial charge in [-0.05, 0) is 38.2 Å². The topological polar surface area (TPSA) is 38.3 Å². The summed E-state index contributed by atoms with van der Waals surface area (Å²) in [5.41, 5.74) is 0.840. The summed E-state index contributed by atoms with van der Waals surface area (Å²) in [7, 11) is 0. The van der Waals surface area contributed by atoms with Crippen molar-refractivity contribution in [3.8, 4) is 0 Å². The van der Waals surface area contributed by atoms with Crippen LogP contribution in [0.2, 0.25) is 0 Å². The van der Waals surface area contributed by atoms with Gasteiger partial charge < -0.3 is 10.1 Å². The van der Waals surface area contributed by atoms with Gasteiger partial charge >= 0.3 is 0 Å². The molecule has 1 N–H and O–H groups in total. The molecule has 3 nitrogen and oxygen atoms in total. The van der Waals surface area contributed by atoms with Gasteiger partial charge in [0.15, 0.2) is 0 Å². The summed E-state index contributed by atoms with van der Waals surface area (Å²) in [6.07, 6.45) is 6.97. The summed E-state index contributed by atoms with van der Waals surface area (Å²) < 4.78 is 5.76. The van der Waals surface area contributed by atoms with Gasteiger partial charge in [0.05, 0.1) is 18.8 Å². The lowest BCUT2D eigenvalue weighted by Crippen LogP contribution is -2.47. The zero-order valence-electron chi connectivity index (χ0n) is 13.9. The molecule has 0 atom stereocenters. The molecule has 1 aromatic rings. The molecule has 0 aromatic heterocycles. The Morgan fingerprint density at radius 2 is 1.86 bits per heavy atom. The highest BCUT2D eigenvalue weighted by atomic mass is 16.5. The number of nitrogens with one attached hydrogen (secondary N) is 1. The second kappa shape index (κ2) is 8.33. The lowest BCUT2D eigenvalue weighted by Gasteiger charge is -2.28. The smallest absolute Gasteiger partial charge is 0.220 e. The van der Waals surface area contributed by atoms with Gasteiger partial charge in [-0.1, -0.05) is 49.6 Å². The Morgan fingerprint density at radius 3 is 2.55 bits per heavy atom. The first-order chi connectivity index (χ1) is 10.6. The first kappa shape index (κ1) is 17.0. The van der Waals surface area contributed by atoms with E-state index in [9.17, 15) is 4.79 Å². The van der Waals surface area contributed by atoms with Crippen molar-refractivity contribution in [3.63, 3.8) is 0 Å². The van der Waals surface area contributed by atoms with E-state index in [1.807, 2.05) is 32.0 Å². The van der Waals surface area contributed by atoms with Crippen molar-refractivity contribution >= 4 is 5.91 Å². The fraction of sp³-hybridized carbons (Fsp3) is 0.632. The maximum absolute atomic E-state index is 12.2. The van der Waals surface area contributed by atoms with E-state index in [1.165, 1.54) is 32.1 Å². The van der Waals surface area contributed by atoms with Crippen molar-refractivity contribution in [2.45, 2.75) is 64.5 Å². The molecule has 0 heterocycles. The summed E-state index contributed by atoms with van der Waals surface area (Å²) in [4.78, 5) is 12.2. The van der Waals surface area contributed by atoms with Crippen molar-refractivity contribution < 1.29 is 9.53 Å². The molecule has 0 aliphatic heterocycles. The summed E-state index contributed by atoms with van der Waals surface area (Å²) in [6.45, 7) is 5.16. The highest BCUT2D eigenvalue weighted by Gasteiger charge is 2.23. The second-order valence-corrected chi connectivity index (χ2v) is 7.12. The van der Waals surface area contributed by atoms with Gasteiger partial charge in [-0.25, -0.2) is 0 Å². The fourth-order valence-electron chi connectivity index (χ4n) is 3.12. The molecule has 1 aliphatic rings. The van der Waals surface area contributed by atoms with E-state index >= 15 is 0 Å². The molecule has 22 heavy (non-hydrogen) atoms. The first-order valence-electron chi connectivity index (χ1n) is 8.48. The van der Waals surface area contributed by atoms with Crippen LogP contribution in [0.15, 0.2) is 30.3 Å². The number of carbonyl (C=O) groups excluding carboxylic acids is 1. The molecule has 0 radical (unpaired) electrons. The van der Waals surface area contributed by atoms with Gasteiger partial charge in [0, 0.05) is 6.42 Å². The maximum atomic E-state index is 12.2. The van der Waals surface area contributed by atoms with Crippen molar-refractivity contribution in [2.75, 3.05) is 6.61 Å². The van der Waals surface area contributed by atoms with Crippen LogP contribution < -0.4 is 5.32 Å². The molecule has 3 heteroatoms. The van der Waals surface area contributed by atoms with E-state index < -0.39 is 0 Å². The number of hydrogen-bond donors (Lipinski definition) is 1. The fourth-order valence-corrected chi connectivity index (χ4v) is 3.12. The number of hydrogen-bond acceptors (Lipinski definition) is 2. The molecule has 1 aromatic carbocycles. The second-order valence-electron chi connectivity index (χ2n) is 7.12. The van der Waals surface area contributed by atoms with Gasteiger partial charge in [-0.15, -0.1) is 0 Å². The minimum Gasteiger partial charge on any atom is -0.374 e. The molecule has 0 spiro atoms. The van der Waals surface area contributed by atoms with Crippen LogP contribution in [0.25, 0.3) is 0 Å². The van der Waals surface area contributed by atoms with Gasteiger partial charge in [0.1, 0.15) is 0 Å². The number of ether oxygens (including phenoxy) is 1. The molecule has 0 unspecified atom stereocenters. The highest BCUT2D eigenvalue weighted by molar-refractivity contribution is 5.77. The molecule has 1 aliphatic carbocycles. The van der Waals surface area contributed by atoms with Crippen molar-refractivity contribution in [1.29, 1.82) is 0 Å². The first-order valence-corrected chi connectivity index (χ1v) is 8.48. The molecule has 0 saturated heterocycles. The predicted octanol–water partition coefficient (Wildman–Crippen LogP) is 4.07. The Morgan fingerprint density at radius 1 is 1.18 bits per heavy atom. The summed E-state index contributed by atoms with van der Waals surface area (Å²) in [5.74, 6) is 0.745. The van der Waals surface area contributed by atoms with Crippen LogP contribution in [-0.4, -0.2) is 18.1 Å². The summed E-state index contributed by atoms with van der Waals surface area (Å²) in [6, 6.07) is 10.1. The molecule has 1 amide bonds. The Bertz CT molecular complexity index is 450. The van der Waals surface area contributed by atoms with Gasteiger partial charge in [-0.2, -0.15) is 0 Å². The third kappa shape index (κ3) is 6.18. The average molecular weight is 303 g/mol. The van der Waals surface area contributed by atoms with Crippen molar-refractivity contribution in [1.82, 2.24) is 5.32 Å². The Labute approximate surface area is 134 Å². The SMILES string of the molecule is CC(C)(COCc1ccccc1)NC(=O)CC1CCCCC1. The van der Waals surface area contributed by atoms with E-state index in [0.717, 1.165) is 5.56 Å². The molecular formula is C19H29NO2. The van der Waals surface area contributed by atoms with E-state index in [2.05, 4.69) is 17.4 Å². The van der Waals surface area contributed by atoms with Gasteiger partial charge in [0.25, 0.3) is 0 Å². The van der Waals surface area contributed by atoms with Crippen LogP contribution in [0.3, 0.4) is 0 Å². The molecule has 1 saturated carbocycles. The van der Waals surface area contributed by atoms with Crippen LogP contribution in [0.5, 0.6) is 0 Å². The molecular weight excluding hydrogens is 274 g/mol. The number of carbonyl (C=O) groups is 1. The normalized spacial score (nSPS) is 16.5. The van der Waals surface area contributed by atoms with E-state index in [1.54, 1.807) is 0 Å². The van der Waals surface area contributed by atoms with Crippen LogP contribution >= 0.6 is 0 Å². The lowest BCUT2D eigenvalue weighted by molar-refractivity contribution is -0.124. The van der Waals surface area contributed by atoms with Crippen molar-refractivity contribution in [3.05, 3.63) is 35.9 Å².